The summed E-state index contributed by atoms with van der Waals surface area (Å²) in [4.78, 5) is 7.93. The molecule has 0 aliphatic rings. The minimum Gasteiger partial charge on any atom is -0.394 e. The summed E-state index contributed by atoms with van der Waals surface area (Å²) in [5, 5.41) is 37.0. The first-order valence-corrected chi connectivity index (χ1v) is 5.06. The summed E-state index contributed by atoms with van der Waals surface area (Å²) in [5.74, 6) is 0. The monoisotopic (exact) mass is 228 g/mol. The molecule has 1 aromatic rings. The lowest BCUT2D eigenvalue weighted by Gasteiger charge is -2.20. The topological polar surface area (TPSA) is 107 Å². The van der Waals surface area contributed by atoms with Crippen molar-refractivity contribution in [3.05, 3.63) is 23.8 Å². The molecule has 0 aromatic carbocycles. The Morgan fingerprint density at radius 1 is 1.25 bits per heavy atom. The van der Waals surface area contributed by atoms with Gasteiger partial charge in [0.05, 0.1) is 24.2 Å². The SMILES string of the molecule is CCc1cncc(C(O)C(O)C(O)CO)n1. The number of rotatable bonds is 5. The van der Waals surface area contributed by atoms with Crippen LogP contribution in [0.2, 0.25) is 0 Å². The van der Waals surface area contributed by atoms with E-state index in [1.54, 1.807) is 6.20 Å². The number of aromatic nitrogens is 2. The lowest BCUT2D eigenvalue weighted by molar-refractivity contribution is -0.0790. The van der Waals surface area contributed by atoms with Gasteiger partial charge in [-0.1, -0.05) is 6.92 Å². The van der Waals surface area contributed by atoms with Crippen LogP contribution in [-0.4, -0.2) is 49.2 Å². The van der Waals surface area contributed by atoms with Crippen LogP contribution in [0.1, 0.15) is 24.4 Å². The zero-order valence-corrected chi connectivity index (χ0v) is 8.98. The van der Waals surface area contributed by atoms with Gasteiger partial charge in [-0.3, -0.25) is 9.97 Å². The smallest absolute Gasteiger partial charge is 0.126 e. The lowest BCUT2D eigenvalue weighted by atomic mass is 10.1. The Morgan fingerprint density at radius 3 is 2.50 bits per heavy atom. The Balaban J connectivity index is 2.82. The highest BCUT2D eigenvalue weighted by Gasteiger charge is 2.26. The van der Waals surface area contributed by atoms with Crippen molar-refractivity contribution >= 4 is 0 Å². The Morgan fingerprint density at radius 2 is 1.94 bits per heavy atom. The zero-order valence-electron chi connectivity index (χ0n) is 8.98. The molecule has 0 bridgehead atoms. The number of nitrogens with zero attached hydrogens (tertiary/aromatic N) is 2. The molecule has 0 aliphatic heterocycles. The average Bonchev–Trinajstić information content (AvgIpc) is 2.36. The first kappa shape index (κ1) is 13.0. The molecule has 4 N–H and O–H groups in total. The van der Waals surface area contributed by atoms with Gasteiger partial charge in [0.1, 0.15) is 18.3 Å². The maximum absolute atomic E-state index is 9.69. The normalized spacial score (nSPS) is 16.8. The van der Waals surface area contributed by atoms with Gasteiger partial charge in [-0.05, 0) is 6.42 Å². The molecule has 3 unspecified atom stereocenters. The van der Waals surface area contributed by atoms with Gasteiger partial charge < -0.3 is 20.4 Å². The van der Waals surface area contributed by atoms with E-state index in [9.17, 15) is 15.3 Å². The van der Waals surface area contributed by atoms with E-state index in [4.69, 9.17) is 5.11 Å². The predicted molar refractivity (Wildman–Crippen MR) is 55.5 cm³/mol. The van der Waals surface area contributed by atoms with E-state index in [1.807, 2.05) is 6.92 Å². The second kappa shape index (κ2) is 5.86. The Bertz CT molecular complexity index is 334. The number of hydrogen-bond donors (Lipinski definition) is 4. The van der Waals surface area contributed by atoms with E-state index in [1.165, 1.54) is 6.20 Å². The van der Waals surface area contributed by atoms with Gasteiger partial charge in [0.2, 0.25) is 0 Å². The number of hydrogen-bond acceptors (Lipinski definition) is 6. The number of aryl methyl sites for hydroxylation is 1. The highest BCUT2D eigenvalue weighted by molar-refractivity contribution is 5.07. The maximum Gasteiger partial charge on any atom is 0.126 e. The van der Waals surface area contributed by atoms with Gasteiger partial charge in [0.15, 0.2) is 0 Å². The minimum absolute atomic E-state index is 0.180. The van der Waals surface area contributed by atoms with Crippen LogP contribution in [-0.2, 0) is 6.42 Å². The van der Waals surface area contributed by atoms with E-state index in [0.717, 1.165) is 0 Å². The standard InChI is InChI=1S/C10H16N2O4/c1-2-6-3-11-4-7(12-6)9(15)10(16)8(14)5-13/h3-4,8-10,13-16H,2,5H2,1H3. The Kier molecular flexibility index (Phi) is 4.75. The molecule has 0 saturated carbocycles. The summed E-state index contributed by atoms with van der Waals surface area (Å²) < 4.78 is 0. The van der Waals surface area contributed by atoms with Crippen LogP contribution < -0.4 is 0 Å². The first-order valence-electron chi connectivity index (χ1n) is 5.06. The molecule has 0 amide bonds. The van der Waals surface area contributed by atoms with Crippen LogP contribution in [0.4, 0.5) is 0 Å². The van der Waals surface area contributed by atoms with Crippen molar-refractivity contribution in [1.82, 2.24) is 9.97 Å². The lowest BCUT2D eigenvalue weighted by Crippen LogP contribution is -2.35. The third kappa shape index (κ3) is 2.96. The van der Waals surface area contributed by atoms with Gasteiger partial charge in [0.25, 0.3) is 0 Å². The third-order valence-corrected chi connectivity index (χ3v) is 2.27. The second-order valence-electron chi connectivity index (χ2n) is 3.47. The third-order valence-electron chi connectivity index (χ3n) is 2.27. The number of aliphatic hydroxyl groups is 4. The molecule has 1 rings (SSSR count). The van der Waals surface area contributed by atoms with Crippen LogP contribution in [0.25, 0.3) is 0 Å². The van der Waals surface area contributed by atoms with Crippen molar-refractivity contribution in [1.29, 1.82) is 0 Å². The minimum atomic E-state index is -1.48. The van der Waals surface area contributed by atoms with Gasteiger partial charge in [-0.2, -0.15) is 0 Å². The molecule has 16 heavy (non-hydrogen) atoms. The van der Waals surface area contributed by atoms with Crippen molar-refractivity contribution in [3.63, 3.8) is 0 Å². The summed E-state index contributed by atoms with van der Waals surface area (Å²) in [6, 6.07) is 0. The highest BCUT2D eigenvalue weighted by atomic mass is 16.4. The average molecular weight is 228 g/mol. The maximum atomic E-state index is 9.69. The highest BCUT2D eigenvalue weighted by Crippen LogP contribution is 2.16. The molecule has 0 radical (unpaired) electrons. The number of aliphatic hydroxyl groups excluding tert-OH is 4. The fourth-order valence-electron chi connectivity index (χ4n) is 1.23. The molecular weight excluding hydrogens is 212 g/mol. The molecule has 1 heterocycles. The summed E-state index contributed by atoms with van der Waals surface area (Å²) in [7, 11) is 0. The molecule has 0 saturated heterocycles. The van der Waals surface area contributed by atoms with Crippen LogP contribution in [0.5, 0.6) is 0 Å². The van der Waals surface area contributed by atoms with Crippen LogP contribution in [0.15, 0.2) is 12.4 Å². The van der Waals surface area contributed by atoms with E-state index in [0.29, 0.717) is 12.1 Å². The fraction of sp³-hybridized carbons (Fsp3) is 0.600. The van der Waals surface area contributed by atoms with Gasteiger partial charge in [-0.15, -0.1) is 0 Å². The second-order valence-corrected chi connectivity index (χ2v) is 3.47. The van der Waals surface area contributed by atoms with E-state index >= 15 is 0 Å². The summed E-state index contributed by atoms with van der Waals surface area (Å²) in [6.07, 6.45) is -0.705. The largest absolute Gasteiger partial charge is 0.394 e. The molecule has 3 atom stereocenters. The quantitative estimate of drug-likeness (QED) is 0.503. The van der Waals surface area contributed by atoms with E-state index in [-0.39, 0.29) is 5.69 Å². The fourth-order valence-corrected chi connectivity index (χ4v) is 1.23. The molecule has 1 aromatic heterocycles. The molecule has 0 spiro atoms. The zero-order chi connectivity index (χ0) is 12.1. The predicted octanol–water partition coefficient (Wildman–Crippen LogP) is -1.21. The van der Waals surface area contributed by atoms with Gasteiger partial charge in [-0.25, -0.2) is 0 Å². The van der Waals surface area contributed by atoms with Crippen molar-refractivity contribution in [2.24, 2.45) is 0 Å². The van der Waals surface area contributed by atoms with Crippen molar-refractivity contribution < 1.29 is 20.4 Å². The van der Waals surface area contributed by atoms with Crippen molar-refractivity contribution in [3.8, 4) is 0 Å². The summed E-state index contributed by atoms with van der Waals surface area (Å²) >= 11 is 0. The molecule has 0 fully saturated rings. The van der Waals surface area contributed by atoms with E-state index < -0.39 is 24.9 Å². The molecule has 6 nitrogen and oxygen atoms in total. The Labute approximate surface area is 93.2 Å². The van der Waals surface area contributed by atoms with Gasteiger partial charge in [0, 0.05) is 6.20 Å². The van der Waals surface area contributed by atoms with Crippen LogP contribution in [0.3, 0.4) is 0 Å². The van der Waals surface area contributed by atoms with Crippen LogP contribution in [0, 0.1) is 0 Å². The molecule has 90 valence electrons. The Hall–Kier alpha value is -1.08. The molecule has 0 aliphatic carbocycles. The van der Waals surface area contributed by atoms with Crippen molar-refractivity contribution in [2.45, 2.75) is 31.7 Å². The van der Waals surface area contributed by atoms with Crippen LogP contribution >= 0.6 is 0 Å². The van der Waals surface area contributed by atoms with E-state index in [2.05, 4.69) is 9.97 Å². The molecular formula is C10H16N2O4. The summed E-state index contributed by atoms with van der Waals surface area (Å²) in [5.41, 5.74) is 0.863. The van der Waals surface area contributed by atoms with Gasteiger partial charge >= 0.3 is 0 Å². The molecule has 6 heteroatoms. The first-order chi connectivity index (χ1) is 7.60. The summed E-state index contributed by atoms with van der Waals surface area (Å²) in [6.45, 7) is 1.26. The van der Waals surface area contributed by atoms with Crippen molar-refractivity contribution in [2.75, 3.05) is 6.61 Å².